The van der Waals surface area contributed by atoms with Gasteiger partial charge in [-0.3, -0.25) is 4.57 Å². The third kappa shape index (κ3) is 4.46. The number of benzene rings is 8. The van der Waals surface area contributed by atoms with Crippen LogP contribution in [0, 0.1) is 0 Å². The molecule has 0 unspecified atom stereocenters. The van der Waals surface area contributed by atoms with Crippen LogP contribution in [0.2, 0.25) is 0 Å². The summed E-state index contributed by atoms with van der Waals surface area (Å²) in [6.45, 7) is 0. The molecule has 0 spiro atoms. The Morgan fingerprint density at radius 2 is 0.898 bits per heavy atom. The van der Waals surface area contributed by atoms with Gasteiger partial charge in [-0.25, -0.2) is 4.98 Å². The molecule has 10 rings (SSSR count). The number of imidazole rings is 1. The summed E-state index contributed by atoms with van der Waals surface area (Å²) in [5.74, 6) is 0.935. The number of para-hydroxylation sites is 2. The maximum atomic E-state index is 5.11. The Hall–Kier alpha value is -6.51. The topological polar surface area (TPSA) is 17.8 Å². The Balaban J connectivity index is 1.02. The van der Waals surface area contributed by atoms with Crippen molar-refractivity contribution in [3.8, 4) is 72.7 Å². The Bertz CT molecular complexity index is 2650. The quantitative estimate of drug-likeness (QED) is 0.187. The second-order valence-corrected chi connectivity index (χ2v) is 12.8. The van der Waals surface area contributed by atoms with Crippen molar-refractivity contribution >= 4 is 21.8 Å². The number of aromatic nitrogens is 2. The van der Waals surface area contributed by atoms with Gasteiger partial charge in [-0.1, -0.05) is 152 Å². The lowest BCUT2D eigenvalue weighted by Gasteiger charge is -2.13. The highest BCUT2D eigenvalue weighted by atomic mass is 15.1. The molecular formula is C47H30N2. The molecule has 0 radical (unpaired) electrons. The van der Waals surface area contributed by atoms with E-state index in [0.29, 0.717) is 0 Å². The number of rotatable bonds is 5. The average Bonchev–Trinajstić information content (AvgIpc) is 3.73. The zero-order valence-corrected chi connectivity index (χ0v) is 26.7. The van der Waals surface area contributed by atoms with Gasteiger partial charge in [0.05, 0.1) is 11.0 Å². The summed E-state index contributed by atoms with van der Waals surface area (Å²) in [5, 5.41) is 2.66. The zero-order chi connectivity index (χ0) is 32.3. The van der Waals surface area contributed by atoms with E-state index in [-0.39, 0.29) is 0 Å². The molecule has 0 saturated heterocycles. The van der Waals surface area contributed by atoms with E-state index >= 15 is 0 Å². The van der Waals surface area contributed by atoms with Crippen molar-refractivity contribution in [2.24, 2.45) is 0 Å². The van der Waals surface area contributed by atoms with Crippen molar-refractivity contribution in [1.82, 2.24) is 9.55 Å². The van der Waals surface area contributed by atoms with Crippen molar-refractivity contribution < 1.29 is 0 Å². The Morgan fingerprint density at radius 1 is 0.347 bits per heavy atom. The molecule has 0 bridgehead atoms. The van der Waals surface area contributed by atoms with Crippen LogP contribution in [-0.4, -0.2) is 9.55 Å². The largest absolute Gasteiger partial charge is 0.292 e. The number of hydrogen-bond acceptors (Lipinski definition) is 1. The molecule has 8 aromatic carbocycles. The highest BCUT2D eigenvalue weighted by molar-refractivity contribution is 6.18. The summed E-state index contributed by atoms with van der Waals surface area (Å²) in [6.07, 6.45) is 0. The van der Waals surface area contributed by atoms with Gasteiger partial charge in [-0.2, -0.15) is 0 Å². The van der Waals surface area contributed by atoms with Crippen molar-refractivity contribution in [1.29, 1.82) is 0 Å². The van der Waals surface area contributed by atoms with E-state index in [4.69, 9.17) is 4.98 Å². The Morgan fingerprint density at radius 3 is 1.71 bits per heavy atom. The predicted molar refractivity (Wildman–Crippen MR) is 205 cm³/mol. The molecule has 1 aromatic heterocycles. The van der Waals surface area contributed by atoms with Crippen molar-refractivity contribution in [3.05, 3.63) is 182 Å². The van der Waals surface area contributed by atoms with Gasteiger partial charge in [0.1, 0.15) is 5.82 Å². The molecule has 0 atom stereocenters. The summed E-state index contributed by atoms with van der Waals surface area (Å²) in [6, 6.07) is 65.5. The number of fused-ring (bicyclic) bond motifs is 4. The molecule has 0 N–H and O–H groups in total. The fraction of sp³-hybridized carbons (Fsp3) is 0. The first-order valence-corrected chi connectivity index (χ1v) is 16.8. The fourth-order valence-electron chi connectivity index (χ4n) is 7.65. The van der Waals surface area contributed by atoms with E-state index in [0.717, 1.165) is 28.1 Å². The lowest BCUT2D eigenvalue weighted by atomic mass is 9.92. The second kappa shape index (κ2) is 11.0. The van der Waals surface area contributed by atoms with E-state index in [1.165, 1.54) is 66.4 Å². The van der Waals surface area contributed by atoms with Gasteiger partial charge >= 0.3 is 0 Å². The third-order valence-electron chi connectivity index (χ3n) is 9.99. The minimum absolute atomic E-state index is 0.935. The van der Waals surface area contributed by atoms with E-state index in [9.17, 15) is 0 Å². The summed E-state index contributed by atoms with van der Waals surface area (Å²) in [7, 11) is 0. The SMILES string of the molecule is c1ccc(-c2ccc(-c3nc4ccccc4n3-c3ccc(-c4cccc(-c5ccc6c7c(cccc57)-c5ccccc5-6)c4)cc3)cc2)cc1. The molecule has 0 amide bonds. The van der Waals surface area contributed by atoms with Crippen LogP contribution >= 0.6 is 0 Å². The first kappa shape index (κ1) is 27.6. The molecule has 2 heteroatoms. The lowest BCUT2D eigenvalue weighted by molar-refractivity contribution is 1.10. The monoisotopic (exact) mass is 622 g/mol. The van der Waals surface area contributed by atoms with Crippen LogP contribution in [0.15, 0.2) is 182 Å². The van der Waals surface area contributed by atoms with Gasteiger partial charge < -0.3 is 0 Å². The Labute approximate surface area is 285 Å². The molecule has 0 aliphatic heterocycles. The first-order valence-electron chi connectivity index (χ1n) is 16.8. The van der Waals surface area contributed by atoms with Gasteiger partial charge in [0.15, 0.2) is 0 Å². The van der Waals surface area contributed by atoms with Gasteiger partial charge in [-0.15, -0.1) is 0 Å². The van der Waals surface area contributed by atoms with Crippen LogP contribution in [-0.2, 0) is 0 Å². The smallest absolute Gasteiger partial charge is 0.145 e. The maximum Gasteiger partial charge on any atom is 0.145 e. The van der Waals surface area contributed by atoms with Crippen LogP contribution in [0.5, 0.6) is 0 Å². The summed E-state index contributed by atoms with van der Waals surface area (Å²) >= 11 is 0. The average molecular weight is 623 g/mol. The van der Waals surface area contributed by atoms with Crippen molar-refractivity contribution in [3.63, 3.8) is 0 Å². The number of hydrogen-bond donors (Lipinski definition) is 0. The summed E-state index contributed by atoms with van der Waals surface area (Å²) < 4.78 is 2.28. The Kier molecular flexibility index (Phi) is 6.22. The molecule has 0 saturated carbocycles. The van der Waals surface area contributed by atoms with E-state index in [1.807, 2.05) is 0 Å². The lowest BCUT2D eigenvalue weighted by Crippen LogP contribution is -1.97. The zero-order valence-electron chi connectivity index (χ0n) is 26.7. The van der Waals surface area contributed by atoms with Gasteiger partial charge in [0.2, 0.25) is 0 Å². The van der Waals surface area contributed by atoms with Crippen molar-refractivity contribution in [2.75, 3.05) is 0 Å². The van der Waals surface area contributed by atoms with E-state index < -0.39 is 0 Å². The van der Waals surface area contributed by atoms with Crippen molar-refractivity contribution in [2.45, 2.75) is 0 Å². The van der Waals surface area contributed by atoms with Crippen LogP contribution in [0.4, 0.5) is 0 Å². The van der Waals surface area contributed by atoms with Crippen LogP contribution < -0.4 is 0 Å². The fourth-order valence-corrected chi connectivity index (χ4v) is 7.65. The molecule has 1 heterocycles. The molecule has 49 heavy (non-hydrogen) atoms. The molecule has 2 nitrogen and oxygen atoms in total. The molecule has 9 aromatic rings. The van der Waals surface area contributed by atoms with Crippen LogP contribution in [0.3, 0.4) is 0 Å². The molecule has 0 fully saturated rings. The minimum Gasteiger partial charge on any atom is -0.292 e. The highest BCUT2D eigenvalue weighted by Crippen LogP contribution is 2.49. The van der Waals surface area contributed by atoms with Gasteiger partial charge in [0, 0.05) is 11.3 Å². The second-order valence-electron chi connectivity index (χ2n) is 12.8. The standard InChI is InChI=1S/C47H30N2/c1-2-10-31(11-3-1)32-20-22-34(23-21-32)47-48-44-18-6-7-19-45(44)49(47)37-26-24-33(25-27-37)35-12-8-13-36(30-35)38-28-29-43-40-15-5-4-14-39(40)42-17-9-16-41(38)46(42)43/h1-30H. The highest BCUT2D eigenvalue weighted by Gasteiger charge is 2.22. The van der Waals surface area contributed by atoms with E-state index in [1.54, 1.807) is 0 Å². The summed E-state index contributed by atoms with van der Waals surface area (Å²) in [4.78, 5) is 5.11. The number of nitrogens with zero attached hydrogens (tertiary/aromatic N) is 2. The maximum absolute atomic E-state index is 5.11. The van der Waals surface area contributed by atoms with Crippen LogP contribution in [0.1, 0.15) is 0 Å². The van der Waals surface area contributed by atoms with Crippen LogP contribution in [0.25, 0.3) is 94.5 Å². The molecular weight excluding hydrogens is 593 g/mol. The first-order chi connectivity index (χ1) is 24.3. The normalized spacial score (nSPS) is 11.7. The predicted octanol–water partition coefficient (Wildman–Crippen LogP) is 12.5. The van der Waals surface area contributed by atoms with Gasteiger partial charge in [0.25, 0.3) is 0 Å². The van der Waals surface area contributed by atoms with Gasteiger partial charge in [-0.05, 0) is 96.7 Å². The summed E-state index contributed by atoms with van der Waals surface area (Å²) in [5.41, 5.74) is 16.8. The molecule has 1 aliphatic carbocycles. The minimum atomic E-state index is 0.935. The molecule has 228 valence electrons. The molecule has 1 aliphatic rings. The third-order valence-corrected chi connectivity index (χ3v) is 9.99. The van der Waals surface area contributed by atoms with E-state index in [2.05, 4.69) is 187 Å².